The molecule has 0 saturated carbocycles. The molecule has 0 spiro atoms. The Bertz CT molecular complexity index is 1010. The highest BCUT2D eigenvalue weighted by molar-refractivity contribution is 5.34. The normalized spacial score (nSPS) is 13.2. The first-order chi connectivity index (χ1) is 13.7. The van der Waals surface area contributed by atoms with Gasteiger partial charge in [0.2, 0.25) is 0 Å². The Balaban J connectivity index is 1.36. The summed E-state index contributed by atoms with van der Waals surface area (Å²) in [6.45, 7) is 2.89. The van der Waals surface area contributed by atoms with E-state index in [1.807, 2.05) is 0 Å². The number of nitrogens with one attached hydrogen (secondary N) is 1. The average molecular weight is 378 g/mol. The van der Waals surface area contributed by atoms with Crippen LogP contribution in [0.15, 0.2) is 65.6 Å². The Hall–Kier alpha value is -2.92. The molecule has 1 aliphatic heterocycles. The second-order valence-corrected chi connectivity index (χ2v) is 7.09. The summed E-state index contributed by atoms with van der Waals surface area (Å²) in [5.41, 5.74) is 4.79. The first kappa shape index (κ1) is 18.4. The summed E-state index contributed by atoms with van der Waals surface area (Å²) in [6, 6.07) is 16.0. The van der Waals surface area contributed by atoms with Gasteiger partial charge in [0.15, 0.2) is 0 Å². The van der Waals surface area contributed by atoms with Crippen molar-refractivity contribution in [3.8, 4) is 5.75 Å². The highest BCUT2D eigenvalue weighted by Crippen LogP contribution is 2.17. The van der Waals surface area contributed by atoms with Crippen molar-refractivity contribution in [1.82, 2.24) is 9.88 Å². The molecule has 1 aliphatic rings. The van der Waals surface area contributed by atoms with E-state index in [1.54, 1.807) is 29.0 Å². The molecule has 0 unspecified atom stereocenters. The van der Waals surface area contributed by atoms with Gasteiger partial charge in [-0.15, -0.1) is 0 Å². The summed E-state index contributed by atoms with van der Waals surface area (Å²) in [6.07, 6.45) is 3.65. The van der Waals surface area contributed by atoms with Crippen molar-refractivity contribution in [3.63, 3.8) is 0 Å². The highest BCUT2D eigenvalue weighted by Gasteiger charge is 2.09. The van der Waals surface area contributed by atoms with Crippen LogP contribution in [0.3, 0.4) is 0 Å². The van der Waals surface area contributed by atoms with Crippen LogP contribution in [0, 0.1) is 5.82 Å². The van der Waals surface area contributed by atoms with E-state index >= 15 is 0 Å². The van der Waals surface area contributed by atoms with Gasteiger partial charge in [0.05, 0.1) is 0 Å². The molecule has 0 atom stereocenters. The summed E-state index contributed by atoms with van der Waals surface area (Å²) in [7, 11) is 0. The van der Waals surface area contributed by atoms with E-state index in [9.17, 15) is 9.18 Å². The van der Waals surface area contributed by atoms with E-state index in [-0.39, 0.29) is 11.4 Å². The zero-order chi connectivity index (χ0) is 19.3. The fraction of sp³-hybridized carbons (Fsp3) is 0.261. The molecule has 144 valence electrons. The van der Waals surface area contributed by atoms with Crippen LogP contribution in [-0.2, 0) is 32.5 Å². The van der Waals surface area contributed by atoms with Gasteiger partial charge in [0.25, 0.3) is 5.56 Å². The van der Waals surface area contributed by atoms with Crippen LogP contribution in [0.2, 0.25) is 0 Å². The molecule has 0 fully saturated rings. The van der Waals surface area contributed by atoms with Crippen molar-refractivity contribution in [1.29, 1.82) is 0 Å². The zero-order valence-corrected chi connectivity index (χ0v) is 15.7. The average Bonchev–Trinajstić information content (AvgIpc) is 2.72. The quantitative estimate of drug-likeness (QED) is 0.714. The summed E-state index contributed by atoms with van der Waals surface area (Å²) in [4.78, 5) is 12.4. The van der Waals surface area contributed by atoms with Crippen LogP contribution in [0.4, 0.5) is 4.39 Å². The number of benzene rings is 2. The predicted molar refractivity (Wildman–Crippen MR) is 107 cm³/mol. The minimum absolute atomic E-state index is 0.0868. The minimum atomic E-state index is -0.276. The smallest absolute Gasteiger partial charge is 0.254 e. The summed E-state index contributed by atoms with van der Waals surface area (Å²) in [5.74, 6) is 0.243. The van der Waals surface area contributed by atoms with E-state index in [1.165, 1.54) is 34.9 Å². The molecule has 0 aliphatic carbocycles. The van der Waals surface area contributed by atoms with Gasteiger partial charge in [-0.25, -0.2) is 4.39 Å². The van der Waals surface area contributed by atoms with E-state index in [2.05, 4.69) is 23.5 Å². The third-order valence-corrected chi connectivity index (χ3v) is 5.08. The number of rotatable bonds is 6. The van der Waals surface area contributed by atoms with Crippen molar-refractivity contribution in [3.05, 3.63) is 99.2 Å². The van der Waals surface area contributed by atoms with Gasteiger partial charge in [0, 0.05) is 25.4 Å². The molecule has 1 aromatic heterocycles. The number of halogens is 1. The molecule has 0 radical (unpaired) electrons. The summed E-state index contributed by atoms with van der Waals surface area (Å²) < 4.78 is 20.3. The zero-order valence-electron chi connectivity index (χ0n) is 15.7. The summed E-state index contributed by atoms with van der Waals surface area (Å²) >= 11 is 0. The number of aromatic nitrogens is 1. The highest BCUT2D eigenvalue weighted by atomic mass is 19.1. The van der Waals surface area contributed by atoms with Crippen molar-refractivity contribution in [2.24, 2.45) is 0 Å². The maximum absolute atomic E-state index is 12.9. The monoisotopic (exact) mass is 378 g/mol. The lowest BCUT2D eigenvalue weighted by atomic mass is 9.97. The van der Waals surface area contributed by atoms with Crippen LogP contribution >= 0.6 is 0 Å². The molecule has 3 aromatic rings. The van der Waals surface area contributed by atoms with Gasteiger partial charge in [-0.05, 0) is 59.8 Å². The number of pyridine rings is 1. The van der Waals surface area contributed by atoms with E-state index in [0.717, 1.165) is 31.5 Å². The fourth-order valence-corrected chi connectivity index (χ4v) is 3.45. The molecule has 1 N–H and O–H groups in total. The minimum Gasteiger partial charge on any atom is -0.489 e. The van der Waals surface area contributed by atoms with Gasteiger partial charge >= 0.3 is 0 Å². The maximum Gasteiger partial charge on any atom is 0.254 e. The van der Waals surface area contributed by atoms with Crippen LogP contribution in [0.5, 0.6) is 5.75 Å². The van der Waals surface area contributed by atoms with E-state index in [0.29, 0.717) is 18.9 Å². The van der Waals surface area contributed by atoms with Gasteiger partial charge < -0.3 is 14.6 Å². The Morgan fingerprint density at radius 2 is 1.82 bits per heavy atom. The maximum atomic E-state index is 12.9. The fourth-order valence-electron chi connectivity index (χ4n) is 3.45. The molecular formula is C23H23FN2O2. The number of fused-ring (bicyclic) bond motifs is 1. The Kier molecular flexibility index (Phi) is 5.53. The third-order valence-electron chi connectivity index (χ3n) is 5.08. The predicted octanol–water partition coefficient (Wildman–Crippen LogP) is 3.45. The molecule has 0 amide bonds. The van der Waals surface area contributed by atoms with Gasteiger partial charge in [-0.3, -0.25) is 4.79 Å². The number of aryl methyl sites for hydroxylation is 2. The van der Waals surface area contributed by atoms with E-state index < -0.39 is 0 Å². The van der Waals surface area contributed by atoms with Crippen LogP contribution in [0.25, 0.3) is 0 Å². The molecule has 0 saturated heterocycles. The first-order valence-corrected chi connectivity index (χ1v) is 9.56. The first-order valence-electron chi connectivity index (χ1n) is 9.56. The van der Waals surface area contributed by atoms with Gasteiger partial charge in [0.1, 0.15) is 18.2 Å². The molecule has 5 heteroatoms. The van der Waals surface area contributed by atoms with Gasteiger partial charge in [-0.2, -0.15) is 0 Å². The largest absolute Gasteiger partial charge is 0.489 e. The van der Waals surface area contributed by atoms with Crippen LogP contribution in [-0.4, -0.2) is 11.1 Å². The standard InChI is InChI=1S/C23H23FN2O2/c24-21-5-2-18(3-6-21)16-28-22-9-12-26(23(27)14-22)11-8-17-1-4-19-7-10-25-15-20(19)13-17/h1-6,9,12-14,25H,7-8,10-11,15-16H2. The van der Waals surface area contributed by atoms with Crippen LogP contribution < -0.4 is 15.6 Å². The lowest BCUT2D eigenvalue weighted by molar-refractivity contribution is 0.304. The lowest BCUT2D eigenvalue weighted by Gasteiger charge is -2.18. The third kappa shape index (κ3) is 4.49. The van der Waals surface area contributed by atoms with E-state index in [4.69, 9.17) is 4.74 Å². The number of hydrogen-bond donors (Lipinski definition) is 1. The Morgan fingerprint density at radius 1 is 1.00 bits per heavy atom. The number of hydrogen-bond acceptors (Lipinski definition) is 3. The lowest BCUT2D eigenvalue weighted by Crippen LogP contribution is -2.24. The molecular weight excluding hydrogens is 355 g/mol. The van der Waals surface area contributed by atoms with Gasteiger partial charge in [-0.1, -0.05) is 30.3 Å². The second kappa shape index (κ2) is 8.40. The molecule has 28 heavy (non-hydrogen) atoms. The molecule has 2 aromatic carbocycles. The molecule has 2 heterocycles. The SMILES string of the molecule is O=c1cc(OCc2ccc(F)cc2)ccn1CCc1ccc2c(c1)CNCC2. The second-order valence-electron chi connectivity index (χ2n) is 7.09. The van der Waals surface area contributed by atoms with Crippen molar-refractivity contribution in [2.45, 2.75) is 32.5 Å². The molecule has 4 rings (SSSR count). The van der Waals surface area contributed by atoms with Crippen molar-refractivity contribution >= 4 is 0 Å². The topological polar surface area (TPSA) is 43.3 Å². The molecule has 0 bridgehead atoms. The molecule has 4 nitrogen and oxygen atoms in total. The Morgan fingerprint density at radius 3 is 2.64 bits per heavy atom. The van der Waals surface area contributed by atoms with Crippen molar-refractivity contribution < 1.29 is 9.13 Å². The summed E-state index contributed by atoms with van der Waals surface area (Å²) in [5, 5.41) is 3.40. The van der Waals surface area contributed by atoms with Crippen molar-refractivity contribution in [2.75, 3.05) is 6.54 Å². The number of nitrogens with zero attached hydrogens (tertiary/aromatic N) is 1. The van der Waals surface area contributed by atoms with Crippen LogP contribution in [0.1, 0.15) is 22.3 Å². The Labute approximate surface area is 163 Å². The number of ether oxygens (including phenoxy) is 1.